The molecule has 0 fully saturated rings. The third-order valence-electron chi connectivity index (χ3n) is 4.41. The van der Waals surface area contributed by atoms with Crippen LogP contribution in [0.4, 0.5) is 0 Å². The number of hydrogen-bond acceptors (Lipinski definition) is 10. The van der Waals surface area contributed by atoms with Crippen LogP contribution in [0.3, 0.4) is 0 Å². The van der Waals surface area contributed by atoms with Crippen molar-refractivity contribution in [2.24, 2.45) is 0 Å². The van der Waals surface area contributed by atoms with Crippen LogP contribution in [-0.4, -0.2) is 16.7 Å². The van der Waals surface area contributed by atoms with Crippen molar-refractivity contribution in [3.05, 3.63) is 86.5 Å². The molecule has 2 unspecified atom stereocenters. The summed E-state index contributed by atoms with van der Waals surface area (Å²) in [7, 11) is 0. The lowest BCUT2D eigenvalue weighted by Gasteiger charge is -1.98. The van der Waals surface area contributed by atoms with Gasteiger partial charge in [0.1, 0.15) is 18.2 Å². The monoisotopic (exact) mass is 679 g/mol. The fourth-order valence-electron chi connectivity index (χ4n) is 2.67. The van der Waals surface area contributed by atoms with E-state index in [9.17, 15) is 9.59 Å². The summed E-state index contributed by atoms with van der Waals surface area (Å²) < 4.78 is 0.903. The Balaban J connectivity index is 0.000000260. The molecule has 0 radical (unpaired) electrons. The first-order valence-electron chi connectivity index (χ1n) is 11.0. The van der Waals surface area contributed by atoms with Crippen LogP contribution >= 0.6 is 72.9 Å². The highest BCUT2D eigenvalue weighted by molar-refractivity contribution is 9.10. The van der Waals surface area contributed by atoms with E-state index in [-0.39, 0.29) is 16.9 Å². The Morgan fingerprint density at radius 3 is 1.49 bits per heavy atom. The third kappa shape index (κ3) is 11.2. The summed E-state index contributed by atoms with van der Waals surface area (Å²) in [6.07, 6.45) is -0.519. The van der Waals surface area contributed by atoms with E-state index in [2.05, 4.69) is 22.0 Å². The van der Waals surface area contributed by atoms with Gasteiger partial charge in [-0.2, -0.15) is 15.8 Å². The summed E-state index contributed by atoms with van der Waals surface area (Å²) in [5, 5.41) is 41.9. The molecule has 0 aliphatic heterocycles. The molecule has 2 atom stereocenters. The molecule has 12 heteroatoms. The van der Waals surface area contributed by atoms with Gasteiger partial charge in [-0.1, -0.05) is 0 Å². The minimum Gasteiger partial charge on any atom is -0.388 e. The number of ketones is 2. The van der Waals surface area contributed by atoms with Crippen molar-refractivity contribution in [3.63, 3.8) is 0 Å². The van der Waals surface area contributed by atoms with Gasteiger partial charge in [-0.25, -0.2) is 0 Å². The first-order chi connectivity index (χ1) is 18.5. The Morgan fingerprint density at radius 1 is 0.769 bits per heavy atom. The minimum absolute atomic E-state index is 0.0356. The molecule has 6 nitrogen and oxygen atoms in total. The molecule has 39 heavy (non-hydrogen) atoms. The molecule has 0 saturated heterocycles. The standard InChI is InChI=1S/C7H6ClNS.C7H7NOS.C7H5NOS.C6H5BrOS/c1-5(8)7-6(4-9)2-3-10-7;2*1-5(9)7-6(4-8)2-3-10-7;1-4(8)6-5(7)2-3-9-6/h2-3,5H,1H3;2-3,5,9H,1H3;2-3H,1H3;2-3H,1H3. The van der Waals surface area contributed by atoms with Crippen molar-refractivity contribution < 1.29 is 14.7 Å². The van der Waals surface area contributed by atoms with Crippen LogP contribution in [-0.2, 0) is 0 Å². The minimum atomic E-state index is -0.519. The van der Waals surface area contributed by atoms with Crippen LogP contribution in [0.25, 0.3) is 0 Å². The number of aliphatic hydroxyl groups excluding tert-OH is 1. The summed E-state index contributed by atoms with van der Waals surface area (Å²) in [4.78, 5) is 24.5. The zero-order valence-corrected chi connectivity index (χ0v) is 26.9. The van der Waals surface area contributed by atoms with Gasteiger partial charge in [-0.15, -0.1) is 56.9 Å². The molecule has 0 saturated carbocycles. The van der Waals surface area contributed by atoms with Crippen molar-refractivity contribution in [3.8, 4) is 18.2 Å². The molecular formula is C27H23BrClN3O3S4. The lowest BCUT2D eigenvalue weighted by Crippen LogP contribution is -1.88. The van der Waals surface area contributed by atoms with Crippen molar-refractivity contribution in [2.75, 3.05) is 0 Å². The predicted molar refractivity (Wildman–Crippen MR) is 164 cm³/mol. The largest absolute Gasteiger partial charge is 0.388 e. The molecule has 0 spiro atoms. The first-order valence-corrected chi connectivity index (χ1v) is 15.7. The summed E-state index contributed by atoms with van der Waals surface area (Å²) in [6, 6.07) is 13.1. The van der Waals surface area contributed by atoms with Crippen LogP contribution in [0.2, 0.25) is 0 Å². The molecule has 202 valence electrons. The number of halogens is 2. The number of alkyl halides is 1. The number of nitrogens with zero attached hydrogens (tertiary/aromatic N) is 3. The normalized spacial score (nSPS) is 10.9. The van der Waals surface area contributed by atoms with Crippen LogP contribution in [0.15, 0.2) is 50.3 Å². The van der Waals surface area contributed by atoms with E-state index in [1.54, 1.807) is 42.8 Å². The molecule has 0 amide bonds. The number of carbonyl (C=O) groups is 2. The summed E-state index contributed by atoms with van der Waals surface area (Å²) in [6.45, 7) is 6.56. The van der Waals surface area contributed by atoms with E-state index in [0.29, 0.717) is 21.6 Å². The summed E-state index contributed by atoms with van der Waals surface area (Å²) in [5.74, 6) is 0.0865. The zero-order chi connectivity index (χ0) is 29.5. The van der Waals surface area contributed by atoms with Gasteiger partial charge in [0.25, 0.3) is 0 Å². The SMILES string of the molecule is CC(=O)c1sccc1Br.CC(=O)c1sccc1C#N.CC(Cl)c1sccc1C#N.CC(O)c1sccc1C#N. The van der Waals surface area contributed by atoms with Gasteiger partial charge in [0.05, 0.1) is 42.8 Å². The zero-order valence-electron chi connectivity index (χ0n) is 21.3. The van der Waals surface area contributed by atoms with E-state index in [1.807, 2.05) is 35.9 Å². The second kappa shape index (κ2) is 17.8. The van der Waals surface area contributed by atoms with Gasteiger partial charge < -0.3 is 5.11 Å². The Morgan fingerprint density at radius 2 is 1.18 bits per heavy atom. The van der Waals surface area contributed by atoms with E-state index in [0.717, 1.165) is 19.1 Å². The molecular weight excluding hydrogens is 658 g/mol. The second-order valence-electron chi connectivity index (χ2n) is 7.40. The molecule has 4 aromatic heterocycles. The van der Waals surface area contributed by atoms with Crippen LogP contribution in [0.5, 0.6) is 0 Å². The summed E-state index contributed by atoms with van der Waals surface area (Å²) >= 11 is 14.8. The fourth-order valence-corrected chi connectivity index (χ4v) is 6.81. The molecule has 1 N–H and O–H groups in total. The molecule has 0 aromatic carbocycles. The number of rotatable bonds is 4. The van der Waals surface area contributed by atoms with Gasteiger partial charge in [0.15, 0.2) is 11.6 Å². The Bertz CT molecular complexity index is 1440. The third-order valence-corrected chi connectivity index (χ3v) is 9.90. The Kier molecular flexibility index (Phi) is 15.7. The van der Waals surface area contributed by atoms with E-state index >= 15 is 0 Å². The number of aliphatic hydroxyl groups is 1. The van der Waals surface area contributed by atoms with E-state index < -0.39 is 6.10 Å². The lowest BCUT2D eigenvalue weighted by atomic mass is 10.2. The van der Waals surface area contributed by atoms with Gasteiger partial charge in [0, 0.05) is 9.35 Å². The van der Waals surface area contributed by atoms with E-state index in [4.69, 9.17) is 32.5 Å². The number of thiophene rings is 4. The average Bonchev–Trinajstić information content (AvgIpc) is 3.70. The van der Waals surface area contributed by atoms with Gasteiger partial charge in [-0.05, 0) is 89.4 Å². The molecule has 4 aromatic rings. The topological polar surface area (TPSA) is 126 Å². The average molecular weight is 681 g/mol. The smallest absolute Gasteiger partial charge is 0.171 e. The Hall–Kier alpha value is -2.66. The molecule has 4 heterocycles. The number of Topliss-reactive ketones (excluding diaryl/α,β-unsaturated/α-hetero) is 2. The highest BCUT2D eigenvalue weighted by Gasteiger charge is 2.09. The van der Waals surface area contributed by atoms with Crippen LogP contribution < -0.4 is 0 Å². The van der Waals surface area contributed by atoms with E-state index in [1.165, 1.54) is 52.3 Å². The molecule has 0 aliphatic rings. The summed E-state index contributed by atoms with van der Waals surface area (Å²) in [5.41, 5.74) is 1.77. The van der Waals surface area contributed by atoms with Crippen molar-refractivity contribution >= 4 is 84.4 Å². The molecule has 0 aliphatic carbocycles. The molecule has 4 rings (SSSR count). The van der Waals surface area contributed by atoms with Crippen molar-refractivity contribution in [2.45, 2.75) is 39.2 Å². The quantitative estimate of drug-likeness (QED) is 0.169. The van der Waals surface area contributed by atoms with Crippen LogP contribution in [0, 0.1) is 34.0 Å². The van der Waals surface area contributed by atoms with Crippen molar-refractivity contribution in [1.82, 2.24) is 0 Å². The number of carbonyl (C=O) groups excluding carboxylic acids is 2. The van der Waals surface area contributed by atoms with Gasteiger partial charge in [-0.3, -0.25) is 9.59 Å². The Labute approximate surface area is 257 Å². The fraction of sp³-hybridized carbons (Fsp3) is 0.222. The lowest BCUT2D eigenvalue weighted by molar-refractivity contribution is 0.101. The van der Waals surface area contributed by atoms with Gasteiger partial charge >= 0.3 is 0 Å². The van der Waals surface area contributed by atoms with Crippen molar-refractivity contribution in [1.29, 1.82) is 15.8 Å². The number of hydrogen-bond donors (Lipinski definition) is 1. The second-order valence-corrected chi connectivity index (χ2v) is 12.6. The highest BCUT2D eigenvalue weighted by Crippen LogP contribution is 2.28. The predicted octanol–water partition coefficient (Wildman–Crippen LogP) is 9.13. The first kappa shape index (κ1) is 34.4. The van der Waals surface area contributed by atoms with Gasteiger partial charge in [0.2, 0.25) is 0 Å². The maximum Gasteiger partial charge on any atom is 0.171 e. The molecule has 0 bridgehead atoms. The maximum absolute atomic E-state index is 10.7. The maximum atomic E-state index is 10.7. The number of nitriles is 3. The highest BCUT2D eigenvalue weighted by atomic mass is 79.9. The van der Waals surface area contributed by atoms with Crippen LogP contribution in [0.1, 0.15) is 85.0 Å².